The first kappa shape index (κ1) is 20.1. The number of nitrogens with zero attached hydrogens (tertiary/aromatic N) is 2. The minimum absolute atomic E-state index is 0.0337. The first-order chi connectivity index (χ1) is 13.0. The minimum atomic E-state index is -0.431. The highest BCUT2D eigenvalue weighted by molar-refractivity contribution is 7.98. The first-order valence-corrected chi connectivity index (χ1v) is 9.26. The second-order valence-electron chi connectivity index (χ2n) is 5.44. The molecule has 1 aromatic heterocycles. The van der Waals surface area contributed by atoms with Gasteiger partial charge in [0, 0.05) is 6.42 Å². The molecule has 0 aliphatic rings. The number of aromatic nitrogens is 2. The average Bonchev–Trinajstić information content (AvgIpc) is 2.68. The van der Waals surface area contributed by atoms with Crippen LogP contribution in [0.15, 0.2) is 64.8 Å². The smallest absolute Gasteiger partial charge is 0.270 e. The number of nitriles is 1. The summed E-state index contributed by atoms with van der Waals surface area (Å²) in [5.41, 5.74) is 8.02. The molecule has 3 N–H and O–H groups in total. The zero-order valence-electron chi connectivity index (χ0n) is 15.2. The van der Waals surface area contributed by atoms with Gasteiger partial charge >= 0.3 is 0 Å². The maximum atomic E-state index is 12.1. The Balaban J connectivity index is 2.48. The predicted molar refractivity (Wildman–Crippen MR) is 108 cm³/mol. The number of benzene rings is 1. The van der Waals surface area contributed by atoms with Crippen LogP contribution in [0, 0.1) is 11.3 Å². The molecule has 0 aliphatic carbocycles. The molecular weight excluding hydrogens is 360 g/mol. The molecule has 1 heterocycles. The first-order valence-electron chi connectivity index (χ1n) is 8.03. The van der Waals surface area contributed by atoms with Crippen molar-refractivity contribution in [3.05, 3.63) is 87.8 Å². The molecule has 2 rings (SSSR count). The van der Waals surface area contributed by atoms with Crippen LogP contribution in [0.2, 0.25) is 0 Å². The lowest BCUT2D eigenvalue weighted by atomic mass is 9.97. The van der Waals surface area contributed by atoms with Crippen LogP contribution in [0.3, 0.4) is 0 Å². The van der Waals surface area contributed by atoms with Crippen molar-refractivity contribution in [2.75, 3.05) is 13.4 Å². The Labute approximate surface area is 162 Å². The number of methoxy groups -OCH3 is 1. The summed E-state index contributed by atoms with van der Waals surface area (Å²) in [7, 11) is 1.50. The zero-order valence-corrected chi connectivity index (χ0v) is 16.0. The fraction of sp³-hybridized carbons (Fsp3) is 0.150. The summed E-state index contributed by atoms with van der Waals surface area (Å²) in [6.45, 7) is 3.86. The molecule has 6 nitrogen and oxygen atoms in total. The van der Waals surface area contributed by atoms with Gasteiger partial charge in [0.05, 0.1) is 7.11 Å². The molecule has 0 unspecified atom stereocenters. The van der Waals surface area contributed by atoms with Crippen LogP contribution in [0.1, 0.15) is 22.5 Å². The van der Waals surface area contributed by atoms with Crippen molar-refractivity contribution in [3.8, 4) is 6.07 Å². The largest absolute Gasteiger partial charge is 0.483 e. The highest BCUT2D eigenvalue weighted by Gasteiger charge is 2.12. The molecule has 1 aromatic carbocycles. The van der Waals surface area contributed by atoms with Crippen molar-refractivity contribution in [3.63, 3.8) is 0 Å². The Bertz CT molecular complexity index is 1000. The predicted octanol–water partition coefficient (Wildman–Crippen LogP) is 2.97. The van der Waals surface area contributed by atoms with Crippen molar-refractivity contribution in [2.45, 2.75) is 11.4 Å². The summed E-state index contributed by atoms with van der Waals surface area (Å²) in [6.07, 6.45) is 7.37. The second kappa shape index (κ2) is 9.46. The summed E-state index contributed by atoms with van der Waals surface area (Å²) < 4.78 is 4.95. The van der Waals surface area contributed by atoms with Crippen molar-refractivity contribution < 1.29 is 4.74 Å². The Morgan fingerprint density at radius 3 is 2.81 bits per heavy atom. The second-order valence-corrected chi connectivity index (χ2v) is 6.24. The average molecular weight is 380 g/mol. The number of H-pyrrole nitrogens is 1. The van der Waals surface area contributed by atoms with Crippen molar-refractivity contribution in [1.29, 1.82) is 5.26 Å². The topological polar surface area (TPSA) is 105 Å². The highest BCUT2D eigenvalue weighted by Crippen LogP contribution is 2.23. The third-order valence-corrected chi connectivity index (χ3v) is 4.49. The Morgan fingerprint density at radius 1 is 1.44 bits per heavy atom. The molecular formula is C20H20N4O2S. The minimum Gasteiger partial charge on any atom is -0.483 e. The van der Waals surface area contributed by atoms with Crippen LogP contribution in [-0.4, -0.2) is 23.3 Å². The van der Waals surface area contributed by atoms with Gasteiger partial charge in [-0.1, -0.05) is 36.9 Å². The van der Waals surface area contributed by atoms with E-state index in [0.717, 1.165) is 16.7 Å². The fourth-order valence-corrected chi connectivity index (χ4v) is 3.02. The molecule has 0 fully saturated rings. The van der Waals surface area contributed by atoms with Gasteiger partial charge in [-0.05, 0) is 35.1 Å². The molecule has 0 spiro atoms. The van der Waals surface area contributed by atoms with E-state index < -0.39 is 5.56 Å². The lowest BCUT2D eigenvalue weighted by Gasteiger charge is -2.11. The monoisotopic (exact) mass is 380 g/mol. The number of hydrogen-bond acceptors (Lipinski definition) is 6. The number of thioether (sulfide) groups is 1. The van der Waals surface area contributed by atoms with Gasteiger partial charge in [-0.15, -0.1) is 11.8 Å². The third-order valence-electron chi connectivity index (χ3n) is 3.81. The standard InChI is InChI=1S/C20H20N4O2S/c1-4-13(9-10-17(22)26-2)15-8-6-5-7-14(15)11-18-23-19(25)16(12-21)20(24-18)27-3/h4-10H,1,11,22H2,2-3H3,(H,23,24,25)/b13-9+,17-10+. The maximum absolute atomic E-state index is 12.1. The fourth-order valence-electron chi connectivity index (χ4n) is 2.47. The van der Waals surface area contributed by atoms with Crippen LogP contribution >= 0.6 is 11.8 Å². The maximum Gasteiger partial charge on any atom is 0.270 e. The van der Waals surface area contributed by atoms with E-state index in [0.29, 0.717) is 17.3 Å². The van der Waals surface area contributed by atoms with Gasteiger partial charge in [-0.3, -0.25) is 4.79 Å². The van der Waals surface area contributed by atoms with E-state index >= 15 is 0 Å². The van der Waals surface area contributed by atoms with Crippen LogP contribution in [-0.2, 0) is 11.2 Å². The highest BCUT2D eigenvalue weighted by atomic mass is 32.2. The Kier molecular flexibility index (Phi) is 7.03. The number of hydrogen-bond donors (Lipinski definition) is 2. The summed E-state index contributed by atoms with van der Waals surface area (Å²) in [5.74, 6) is 0.778. The van der Waals surface area contributed by atoms with E-state index in [1.165, 1.54) is 18.9 Å². The normalized spacial score (nSPS) is 11.7. The van der Waals surface area contributed by atoms with Gasteiger partial charge in [0.2, 0.25) is 0 Å². The van der Waals surface area contributed by atoms with Gasteiger partial charge < -0.3 is 15.5 Å². The lowest BCUT2D eigenvalue weighted by Crippen LogP contribution is -2.17. The number of ether oxygens (including phenoxy) is 1. The van der Waals surface area contributed by atoms with E-state index in [1.54, 1.807) is 18.4 Å². The van der Waals surface area contributed by atoms with Crippen LogP contribution in [0.5, 0.6) is 0 Å². The number of rotatable bonds is 7. The lowest BCUT2D eigenvalue weighted by molar-refractivity contribution is 0.287. The van der Waals surface area contributed by atoms with Crippen LogP contribution in [0.4, 0.5) is 0 Å². The quantitative estimate of drug-likeness (QED) is 0.331. The molecule has 0 atom stereocenters. The third kappa shape index (κ3) is 4.90. The van der Waals surface area contributed by atoms with Crippen molar-refractivity contribution in [1.82, 2.24) is 9.97 Å². The number of nitrogens with two attached hydrogens (primary N) is 1. The molecule has 0 aliphatic heterocycles. The van der Waals surface area contributed by atoms with E-state index in [4.69, 9.17) is 15.7 Å². The summed E-state index contributed by atoms with van der Waals surface area (Å²) in [4.78, 5) is 19.2. The van der Waals surface area contributed by atoms with Gasteiger partial charge in [-0.2, -0.15) is 5.26 Å². The molecule has 0 radical (unpaired) electrons. The number of aromatic amines is 1. The zero-order chi connectivity index (χ0) is 19.8. The van der Waals surface area contributed by atoms with Crippen molar-refractivity contribution in [2.24, 2.45) is 5.73 Å². The number of allylic oxidation sites excluding steroid dienone is 4. The molecule has 0 amide bonds. The molecule has 0 saturated heterocycles. The summed E-state index contributed by atoms with van der Waals surface area (Å²) in [5, 5.41) is 9.54. The number of nitrogens with one attached hydrogen (secondary N) is 1. The molecule has 0 bridgehead atoms. The van der Waals surface area contributed by atoms with Gasteiger partial charge in [0.15, 0.2) is 5.88 Å². The SMILES string of the molecule is C=C/C(=C\C=C(/N)OC)c1ccccc1Cc1nc(SC)c(C#N)c(=O)[nH]1. The van der Waals surface area contributed by atoms with Gasteiger partial charge in [0.25, 0.3) is 5.56 Å². The summed E-state index contributed by atoms with van der Waals surface area (Å²) >= 11 is 1.27. The Hall–Kier alpha value is -3.24. The molecule has 27 heavy (non-hydrogen) atoms. The molecule has 2 aromatic rings. The van der Waals surface area contributed by atoms with Gasteiger partial charge in [-0.25, -0.2) is 4.98 Å². The van der Waals surface area contributed by atoms with Gasteiger partial charge in [0.1, 0.15) is 22.5 Å². The van der Waals surface area contributed by atoms with E-state index in [-0.39, 0.29) is 11.4 Å². The summed E-state index contributed by atoms with van der Waals surface area (Å²) in [6, 6.07) is 9.64. The molecule has 0 saturated carbocycles. The van der Waals surface area contributed by atoms with Crippen molar-refractivity contribution >= 4 is 17.3 Å². The van der Waals surface area contributed by atoms with E-state index in [9.17, 15) is 4.79 Å². The Morgan fingerprint density at radius 2 is 2.19 bits per heavy atom. The molecule has 138 valence electrons. The van der Waals surface area contributed by atoms with E-state index in [2.05, 4.69) is 16.5 Å². The van der Waals surface area contributed by atoms with Crippen LogP contribution < -0.4 is 11.3 Å². The van der Waals surface area contributed by atoms with Crippen LogP contribution in [0.25, 0.3) is 5.57 Å². The molecule has 7 heteroatoms. The van der Waals surface area contributed by atoms with E-state index in [1.807, 2.05) is 36.4 Å².